The summed E-state index contributed by atoms with van der Waals surface area (Å²) in [6, 6.07) is 9.22. The van der Waals surface area contributed by atoms with E-state index < -0.39 is 0 Å². The lowest BCUT2D eigenvalue weighted by Crippen LogP contribution is -2.36. The summed E-state index contributed by atoms with van der Waals surface area (Å²) in [6.07, 6.45) is 0.315. The number of carbonyl (C=O) groups excluding carboxylic acids is 1. The van der Waals surface area contributed by atoms with Gasteiger partial charge in [0.05, 0.1) is 26.7 Å². The van der Waals surface area contributed by atoms with E-state index in [9.17, 15) is 4.79 Å². The number of halogens is 1. The second kappa shape index (κ2) is 6.13. The van der Waals surface area contributed by atoms with E-state index in [1.54, 1.807) is 14.2 Å². The fraction of sp³-hybridized carbons (Fsp3) is 0.278. The summed E-state index contributed by atoms with van der Waals surface area (Å²) < 4.78 is 10.7. The van der Waals surface area contributed by atoms with Gasteiger partial charge in [-0.05, 0) is 41.8 Å². The summed E-state index contributed by atoms with van der Waals surface area (Å²) in [6.45, 7) is 1.99. The Morgan fingerprint density at radius 3 is 2.52 bits per heavy atom. The summed E-state index contributed by atoms with van der Waals surface area (Å²) in [5.74, 6) is 1.22. The highest BCUT2D eigenvalue weighted by Crippen LogP contribution is 2.40. The Hall–Kier alpha value is -2.20. The second-order valence-corrected chi connectivity index (χ2v) is 5.96. The number of methoxy groups -OCH3 is 2. The number of fused-ring (bicyclic) bond motifs is 1. The average molecular weight is 332 g/mol. The fourth-order valence-corrected chi connectivity index (χ4v) is 3.39. The topological polar surface area (TPSA) is 47.6 Å². The SMILES string of the molecule is COc1cc2c(cc1OC)C(c1c(C)cccc1Cl)NC(=O)C2. The molecule has 1 aliphatic rings. The number of ether oxygens (including phenoxy) is 2. The number of amides is 1. The van der Waals surface area contributed by atoms with Crippen LogP contribution in [0.5, 0.6) is 11.5 Å². The number of hydrogen-bond donors (Lipinski definition) is 1. The van der Waals surface area contributed by atoms with Gasteiger partial charge in [-0.15, -0.1) is 0 Å². The molecule has 1 heterocycles. The lowest BCUT2D eigenvalue weighted by atomic mass is 9.87. The molecule has 5 heteroatoms. The molecule has 120 valence electrons. The number of nitrogens with one attached hydrogen (secondary N) is 1. The van der Waals surface area contributed by atoms with Crippen LogP contribution in [0.4, 0.5) is 0 Å². The molecule has 0 radical (unpaired) electrons. The summed E-state index contributed by atoms with van der Waals surface area (Å²) in [4.78, 5) is 12.2. The summed E-state index contributed by atoms with van der Waals surface area (Å²) in [5.41, 5.74) is 3.86. The van der Waals surface area contributed by atoms with Crippen molar-refractivity contribution in [1.82, 2.24) is 5.32 Å². The van der Waals surface area contributed by atoms with Gasteiger partial charge in [-0.25, -0.2) is 0 Å². The van der Waals surface area contributed by atoms with Gasteiger partial charge in [-0.3, -0.25) is 4.79 Å². The molecule has 23 heavy (non-hydrogen) atoms. The highest BCUT2D eigenvalue weighted by atomic mass is 35.5. The zero-order chi connectivity index (χ0) is 16.6. The van der Waals surface area contributed by atoms with Crippen LogP contribution >= 0.6 is 11.6 Å². The Kier molecular flexibility index (Phi) is 4.18. The molecule has 0 saturated heterocycles. The molecule has 2 aromatic carbocycles. The minimum atomic E-state index is -0.292. The Bertz CT molecular complexity index is 753. The van der Waals surface area contributed by atoms with Crippen molar-refractivity contribution in [2.45, 2.75) is 19.4 Å². The molecule has 1 aliphatic heterocycles. The van der Waals surface area contributed by atoms with Crippen LogP contribution < -0.4 is 14.8 Å². The van der Waals surface area contributed by atoms with Crippen LogP contribution in [-0.4, -0.2) is 20.1 Å². The van der Waals surface area contributed by atoms with Crippen molar-refractivity contribution < 1.29 is 14.3 Å². The van der Waals surface area contributed by atoms with E-state index in [4.69, 9.17) is 21.1 Å². The molecule has 0 aromatic heterocycles. The van der Waals surface area contributed by atoms with E-state index in [1.807, 2.05) is 37.3 Å². The van der Waals surface area contributed by atoms with Crippen molar-refractivity contribution in [2.75, 3.05) is 14.2 Å². The summed E-state index contributed by atoms with van der Waals surface area (Å²) >= 11 is 6.40. The van der Waals surface area contributed by atoms with Crippen LogP contribution in [0.25, 0.3) is 0 Å². The molecule has 0 spiro atoms. The number of hydrogen-bond acceptors (Lipinski definition) is 3. The first-order valence-electron chi connectivity index (χ1n) is 7.34. The number of benzene rings is 2. The van der Waals surface area contributed by atoms with Gasteiger partial charge in [0.15, 0.2) is 11.5 Å². The van der Waals surface area contributed by atoms with E-state index in [-0.39, 0.29) is 11.9 Å². The lowest BCUT2D eigenvalue weighted by molar-refractivity contribution is -0.121. The van der Waals surface area contributed by atoms with Gasteiger partial charge in [-0.2, -0.15) is 0 Å². The summed E-state index contributed by atoms with van der Waals surface area (Å²) in [7, 11) is 3.18. The minimum Gasteiger partial charge on any atom is -0.493 e. The van der Waals surface area contributed by atoms with Crippen LogP contribution in [0, 0.1) is 6.92 Å². The predicted octanol–water partition coefficient (Wildman–Crippen LogP) is 3.43. The van der Waals surface area contributed by atoms with Gasteiger partial charge >= 0.3 is 0 Å². The van der Waals surface area contributed by atoms with E-state index >= 15 is 0 Å². The quantitative estimate of drug-likeness (QED) is 0.937. The standard InChI is InChI=1S/C18H18ClNO3/c1-10-5-4-6-13(19)17(10)18-12-9-15(23-3)14(22-2)7-11(12)8-16(21)20-18/h4-7,9,18H,8H2,1-3H3,(H,20,21). The lowest BCUT2D eigenvalue weighted by Gasteiger charge is -2.29. The van der Waals surface area contributed by atoms with Crippen LogP contribution in [-0.2, 0) is 11.2 Å². The predicted molar refractivity (Wildman–Crippen MR) is 89.4 cm³/mol. The highest BCUT2D eigenvalue weighted by molar-refractivity contribution is 6.31. The molecule has 0 saturated carbocycles. The first-order chi connectivity index (χ1) is 11.0. The Balaban J connectivity index is 2.20. The third kappa shape index (κ3) is 2.75. The first kappa shape index (κ1) is 15.7. The molecular weight excluding hydrogens is 314 g/mol. The van der Waals surface area contributed by atoms with Crippen molar-refractivity contribution >= 4 is 17.5 Å². The Morgan fingerprint density at radius 1 is 1.17 bits per heavy atom. The van der Waals surface area contributed by atoms with Crippen LogP contribution in [0.2, 0.25) is 5.02 Å². The molecular formula is C18H18ClNO3. The maximum Gasteiger partial charge on any atom is 0.225 e. The molecule has 1 N–H and O–H groups in total. The van der Waals surface area contributed by atoms with E-state index in [0.29, 0.717) is 22.9 Å². The Morgan fingerprint density at radius 2 is 1.87 bits per heavy atom. The second-order valence-electron chi connectivity index (χ2n) is 5.55. The van der Waals surface area contributed by atoms with E-state index in [1.165, 1.54) is 0 Å². The van der Waals surface area contributed by atoms with Crippen LogP contribution in [0.1, 0.15) is 28.3 Å². The summed E-state index contributed by atoms with van der Waals surface area (Å²) in [5, 5.41) is 3.68. The van der Waals surface area contributed by atoms with Gasteiger partial charge in [0.2, 0.25) is 5.91 Å². The highest BCUT2D eigenvalue weighted by Gasteiger charge is 2.29. The molecule has 1 atom stereocenters. The van der Waals surface area contributed by atoms with E-state index in [0.717, 1.165) is 22.3 Å². The molecule has 3 rings (SSSR count). The zero-order valence-corrected chi connectivity index (χ0v) is 14.0. The van der Waals surface area contributed by atoms with Gasteiger partial charge < -0.3 is 14.8 Å². The number of rotatable bonds is 3. The van der Waals surface area contributed by atoms with Gasteiger partial charge in [-0.1, -0.05) is 23.7 Å². The third-order valence-corrected chi connectivity index (χ3v) is 4.50. The molecule has 0 aliphatic carbocycles. The van der Waals surface area contributed by atoms with Crippen molar-refractivity contribution in [1.29, 1.82) is 0 Å². The Labute approximate surface area is 140 Å². The van der Waals surface area contributed by atoms with Crippen LogP contribution in [0.15, 0.2) is 30.3 Å². The van der Waals surface area contributed by atoms with E-state index in [2.05, 4.69) is 5.32 Å². The van der Waals surface area contributed by atoms with Gasteiger partial charge in [0.1, 0.15) is 0 Å². The van der Waals surface area contributed by atoms with Crippen molar-refractivity contribution in [3.05, 3.63) is 57.6 Å². The number of carbonyl (C=O) groups is 1. The normalized spacial score (nSPS) is 16.5. The van der Waals surface area contributed by atoms with Gasteiger partial charge in [0, 0.05) is 10.6 Å². The van der Waals surface area contributed by atoms with Crippen molar-refractivity contribution in [2.24, 2.45) is 0 Å². The smallest absolute Gasteiger partial charge is 0.225 e. The van der Waals surface area contributed by atoms with Crippen LogP contribution in [0.3, 0.4) is 0 Å². The molecule has 0 fully saturated rings. The molecule has 1 amide bonds. The minimum absolute atomic E-state index is 0.0333. The largest absolute Gasteiger partial charge is 0.493 e. The number of aryl methyl sites for hydroxylation is 1. The molecule has 4 nitrogen and oxygen atoms in total. The fourth-order valence-electron chi connectivity index (χ4n) is 3.06. The van der Waals surface area contributed by atoms with Gasteiger partial charge in [0.25, 0.3) is 0 Å². The van der Waals surface area contributed by atoms with Crippen molar-refractivity contribution in [3.8, 4) is 11.5 Å². The maximum absolute atomic E-state index is 12.2. The maximum atomic E-state index is 12.2. The first-order valence-corrected chi connectivity index (χ1v) is 7.72. The monoisotopic (exact) mass is 331 g/mol. The molecule has 1 unspecified atom stereocenters. The zero-order valence-electron chi connectivity index (χ0n) is 13.3. The third-order valence-electron chi connectivity index (χ3n) is 4.17. The van der Waals surface area contributed by atoms with Crippen molar-refractivity contribution in [3.63, 3.8) is 0 Å². The molecule has 2 aromatic rings. The molecule has 0 bridgehead atoms. The average Bonchev–Trinajstić information content (AvgIpc) is 2.53.